The molecule has 110 valence electrons. The number of nitrogens with zero attached hydrogens (tertiary/aromatic N) is 2. The lowest BCUT2D eigenvalue weighted by Gasteiger charge is -2.32. The quantitative estimate of drug-likeness (QED) is 0.642. The lowest BCUT2D eigenvalue weighted by molar-refractivity contribution is -0.133. The van der Waals surface area contributed by atoms with Gasteiger partial charge in [0.25, 0.3) is 0 Å². The normalized spacial score (nSPS) is 16.9. The zero-order valence-corrected chi connectivity index (χ0v) is 12.4. The Morgan fingerprint density at radius 3 is 2.21 bits per heavy atom. The molecular weight excluding hydrogens is 244 g/mol. The van der Waals surface area contributed by atoms with Crippen molar-refractivity contribution in [2.24, 2.45) is 5.92 Å². The summed E-state index contributed by atoms with van der Waals surface area (Å²) in [7, 11) is 2.07. The summed E-state index contributed by atoms with van der Waals surface area (Å²) in [6.07, 6.45) is 0.861. The second-order valence-corrected chi connectivity index (χ2v) is 5.42. The molecule has 0 aromatic carbocycles. The molecular formula is C14H26N2O3. The Morgan fingerprint density at radius 1 is 1.05 bits per heavy atom. The molecule has 0 unspecified atom stereocenters. The van der Waals surface area contributed by atoms with Gasteiger partial charge in [0.05, 0.1) is 19.6 Å². The van der Waals surface area contributed by atoms with Crippen LogP contribution in [0, 0.1) is 5.92 Å². The summed E-state index contributed by atoms with van der Waals surface area (Å²) >= 11 is 0. The number of hydrogen-bond donors (Lipinski definition) is 0. The van der Waals surface area contributed by atoms with Crippen LogP contribution >= 0.6 is 0 Å². The number of rotatable bonds is 7. The Hall–Kier alpha value is -0.940. The van der Waals surface area contributed by atoms with Gasteiger partial charge in [-0.2, -0.15) is 0 Å². The van der Waals surface area contributed by atoms with Gasteiger partial charge in [0.1, 0.15) is 5.78 Å². The molecule has 1 amide bonds. The number of carbonyl (C=O) groups is 2. The van der Waals surface area contributed by atoms with E-state index in [0.29, 0.717) is 26.1 Å². The van der Waals surface area contributed by atoms with Crippen LogP contribution in [0.1, 0.15) is 26.7 Å². The van der Waals surface area contributed by atoms with Crippen molar-refractivity contribution in [2.75, 3.05) is 46.4 Å². The third-order valence-electron chi connectivity index (χ3n) is 3.45. The van der Waals surface area contributed by atoms with Crippen LogP contribution < -0.4 is 0 Å². The van der Waals surface area contributed by atoms with E-state index in [9.17, 15) is 9.59 Å². The maximum atomic E-state index is 11.9. The second-order valence-electron chi connectivity index (χ2n) is 5.42. The van der Waals surface area contributed by atoms with Crippen LogP contribution in [0.25, 0.3) is 0 Å². The topological polar surface area (TPSA) is 49.9 Å². The van der Waals surface area contributed by atoms with Crippen LogP contribution in [-0.2, 0) is 14.3 Å². The Labute approximate surface area is 115 Å². The third-order valence-corrected chi connectivity index (χ3v) is 3.45. The Morgan fingerprint density at radius 2 is 1.63 bits per heavy atom. The van der Waals surface area contributed by atoms with Crippen LogP contribution in [-0.4, -0.2) is 67.9 Å². The van der Waals surface area contributed by atoms with Crippen LogP contribution in [0.3, 0.4) is 0 Å². The largest absolute Gasteiger partial charge is 0.380 e. The average molecular weight is 270 g/mol. The fourth-order valence-corrected chi connectivity index (χ4v) is 1.94. The van der Waals surface area contributed by atoms with Crippen molar-refractivity contribution in [3.63, 3.8) is 0 Å². The summed E-state index contributed by atoms with van der Waals surface area (Å²) in [5.74, 6) is 0.434. The highest BCUT2D eigenvalue weighted by atomic mass is 16.5. The fraction of sp³-hybridized carbons (Fsp3) is 0.857. The van der Waals surface area contributed by atoms with E-state index in [4.69, 9.17) is 4.74 Å². The molecule has 0 aliphatic carbocycles. The van der Waals surface area contributed by atoms with Crippen molar-refractivity contribution in [1.82, 2.24) is 9.80 Å². The molecule has 0 aromatic heterocycles. The zero-order chi connectivity index (χ0) is 14.3. The predicted octanol–water partition coefficient (Wildman–Crippen LogP) is 0.782. The number of Topliss-reactive ketones (excluding diaryl/α,β-unsaturated/α-hetero) is 1. The molecule has 0 saturated carbocycles. The SMILES string of the molecule is CC(C)C(=O)CCOCCC(=O)N1CCN(C)CC1. The maximum Gasteiger partial charge on any atom is 0.224 e. The molecule has 1 rings (SSSR count). The molecule has 5 nitrogen and oxygen atoms in total. The van der Waals surface area contributed by atoms with Gasteiger partial charge in [0, 0.05) is 38.5 Å². The van der Waals surface area contributed by atoms with E-state index in [0.717, 1.165) is 26.2 Å². The van der Waals surface area contributed by atoms with Crippen molar-refractivity contribution in [1.29, 1.82) is 0 Å². The molecule has 1 aliphatic heterocycles. The number of carbonyl (C=O) groups excluding carboxylic acids is 2. The molecule has 1 fully saturated rings. The first-order chi connectivity index (χ1) is 9.00. The summed E-state index contributed by atoms with van der Waals surface area (Å²) in [4.78, 5) is 27.3. The molecule has 1 saturated heterocycles. The number of likely N-dealkylation sites (N-methyl/N-ethyl adjacent to an activating group) is 1. The Balaban J connectivity index is 2.06. The zero-order valence-electron chi connectivity index (χ0n) is 12.4. The highest BCUT2D eigenvalue weighted by molar-refractivity contribution is 5.80. The second kappa shape index (κ2) is 8.27. The van der Waals surface area contributed by atoms with Gasteiger partial charge in [-0.05, 0) is 7.05 Å². The minimum atomic E-state index is 0.0653. The van der Waals surface area contributed by atoms with Gasteiger partial charge >= 0.3 is 0 Å². The van der Waals surface area contributed by atoms with Crippen LogP contribution in [0.5, 0.6) is 0 Å². The van der Waals surface area contributed by atoms with E-state index in [1.54, 1.807) is 0 Å². The molecule has 0 bridgehead atoms. The van der Waals surface area contributed by atoms with Crippen molar-refractivity contribution in [3.05, 3.63) is 0 Å². The molecule has 5 heteroatoms. The highest BCUT2D eigenvalue weighted by Crippen LogP contribution is 2.03. The number of ether oxygens (including phenoxy) is 1. The van der Waals surface area contributed by atoms with Gasteiger partial charge in [-0.3, -0.25) is 9.59 Å². The molecule has 0 spiro atoms. The van der Waals surface area contributed by atoms with Crippen molar-refractivity contribution < 1.29 is 14.3 Å². The lowest BCUT2D eigenvalue weighted by atomic mass is 10.1. The van der Waals surface area contributed by atoms with E-state index in [1.807, 2.05) is 18.7 Å². The molecule has 0 radical (unpaired) electrons. The molecule has 0 N–H and O–H groups in total. The first-order valence-electron chi connectivity index (χ1n) is 7.07. The van der Waals surface area contributed by atoms with E-state index in [-0.39, 0.29) is 17.6 Å². The van der Waals surface area contributed by atoms with Crippen LogP contribution in [0.4, 0.5) is 0 Å². The summed E-state index contributed by atoms with van der Waals surface area (Å²) in [5, 5.41) is 0. The summed E-state index contributed by atoms with van der Waals surface area (Å²) in [6.45, 7) is 8.11. The molecule has 19 heavy (non-hydrogen) atoms. The number of ketones is 1. The number of amides is 1. The minimum Gasteiger partial charge on any atom is -0.380 e. The molecule has 1 aliphatic rings. The van der Waals surface area contributed by atoms with E-state index in [2.05, 4.69) is 11.9 Å². The Kier molecular flexibility index (Phi) is 7.02. The molecule has 1 heterocycles. The minimum absolute atomic E-state index is 0.0653. The van der Waals surface area contributed by atoms with Gasteiger partial charge in [-0.1, -0.05) is 13.8 Å². The standard InChI is InChI=1S/C14H26N2O3/c1-12(2)13(17)4-10-19-11-5-14(18)16-8-6-15(3)7-9-16/h12H,4-11H2,1-3H3. The highest BCUT2D eigenvalue weighted by Gasteiger charge is 2.18. The van der Waals surface area contributed by atoms with Crippen molar-refractivity contribution in [3.8, 4) is 0 Å². The third kappa shape index (κ3) is 6.16. The van der Waals surface area contributed by atoms with E-state index in [1.165, 1.54) is 0 Å². The summed E-state index contributed by atoms with van der Waals surface area (Å²) in [6, 6.07) is 0. The van der Waals surface area contributed by atoms with Crippen LogP contribution in [0.2, 0.25) is 0 Å². The first kappa shape index (κ1) is 16.1. The number of piperazine rings is 1. The monoisotopic (exact) mass is 270 g/mol. The van der Waals surface area contributed by atoms with Gasteiger partial charge < -0.3 is 14.5 Å². The van der Waals surface area contributed by atoms with Crippen molar-refractivity contribution in [2.45, 2.75) is 26.7 Å². The average Bonchev–Trinajstić information content (AvgIpc) is 2.38. The molecule has 0 aromatic rings. The summed E-state index contributed by atoms with van der Waals surface area (Å²) < 4.78 is 5.36. The van der Waals surface area contributed by atoms with Gasteiger partial charge in [-0.25, -0.2) is 0 Å². The van der Waals surface area contributed by atoms with Gasteiger partial charge in [0.15, 0.2) is 0 Å². The maximum absolute atomic E-state index is 11.9. The predicted molar refractivity (Wildman–Crippen MR) is 74.0 cm³/mol. The van der Waals surface area contributed by atoms with E-state index >= 15 is 0 Å². The number of hydrogen-bond acceptors (Lipinski definition) is 4. The van der Waals surface area contributed by atoms with Gasteiger partial charge in [-0.15, -0.1) is 0 Å². The summed E-state index contributed by atoms with van der Waals surface area (Å²) in [5.41, 5.74) is 0. The molecule has 0 atom stereocenters. The van der Waals surface area contributed by atoms with Crippen molar-refractivity contribution >= 4 is 11.7 Å². The fourth-order valence-electron chi connectivity index (χ4n) is 1.94. The Bertz CT molecular complexity index is 297. The van der Waals surface area contributed by atoms with Crippen LogP contribution in [0.15, 0.2) is 0 Å². The lowest BCUT2D eigenvalue weighted by Crippen LogP contribution is -2.47. The van der Waals surface area contributed by atoms with Gasteiger partial charge in [0.2, 0.25) is 5.91 Å². The smallest absolute Gasteiger partial charge is 0.224 e. The van der Waals surface area contributed by atoms with E-state index < -0.39 is 0 Å². The first-order valence-corrected chi connectivity index (χ1v) is 7.07.